The van der Waals surface area contributed by atoms with Crippen LogP contribution in [0.1, 0.15) is 19.3 Å². The summed E-state index contributed by atoms with van der Waals surface area (Å²) in [7, 11) is 1.99. The van der Waals surface area contributed by atoms with Crippen LogP contribution < -0.4 is 4.90 Å². The molecule has 1 aliphatic carbocycles. The first-order chi connectivity index (χ1) is 11.7. The Morgan fingerprint density at radius 3 is 2.71 bits per heavy atom. The van der Waals surface area contributed by atoms with Crippen LogP contribution in [-0.2, 0) is 4.79 Å². The van der Waals surface area contributed by atoms with Crippen molar-refractivity contribution in [2.45, 2.75) is 30.6 Å². The molecule has 2 heterocycles. The van der Waals surface area contributed by atoms with E-state index in [-0.39, 0.29) is 5.91 Å². The molecule has 1 aliphatic heterocycles. The average molecular weight is 349 g/mol. The van der Waals surface area contributed by atoms with E-state index in [1.165, 1.54) is 6.42 Å². The molecule has 0 radical (unpaired) electrons. The van der Waals surface area contributed by atoms with Crippen LogP contribution in [0.4, 0.5) is 5.82 Å². The summed E-state index contributed by atoms with van der Waals surface area (Å²) in [5.74, 6) is 1.31. The quantitative estimate of drug-likeness (QED) is 0.813. The molecule has 1 saturated heterocycles. The fraction of sp³-hybridized carbons (Fsp3) is 0.667. The molecule has 3 rings (SSSR count). The number of aromatic nitrogens is 1. The van der Waals surface area contributed by atoms with Gasteiger partial charge >= 0.3 is 0 Å². The first-order valence-corrected chi connectivity index (χ1v) is 10.1. The molecule has 5 nitrogen and oxygen atoms in total. The number of rotatable bonds is 5. The van der Waals surface area contributed by atoms with Crippen molar-refractivity contribution in [1.29, 1.82) is 0 Å². The maximum atomic E-state index is 12.6. The zero-order chi connectivity index (χ0) is 16.9. The maximum Gasteiger partial charge on any atom is 0.236 e. The average Bonchev–Trinajstić information content (AvgIpc) is 3.11. The molecule has 1 saturated carbocycles. The third-order valence-corrected chi connectivity index (χ3v) is 6.43. The Morgan fingerprint density at radius 2 is 2.08 bits per heavy atom. The van der Waals surface area contributed by atoms with Gasteiger partial charge in [0.1, 0.15) is 5.82 Å². The number of likely N-dealkylation sites (N-methyl/N-ethyl adjacent to an activating group) is 1. The number of thioether (sulfide) groups is 1. The first-order valence-electron chi connectivity index (χ1n) is 8.84. The Balaban J connectivity index is 1.45. The zero-order valence-electron chi connectivity index (χ0n) is 14.7. The summed E-state index contributed by atoms with van der Waals surface area (Å²) < 4.78 is 0. The molecule has 2 fully saturated rings. The van der Waals surface area contributed by atoms with Gasteiger partial charge in [-0.1, -0.05) is 6.07 Å². The Labute approximate surface area is 149 Å². The Hall–Kier alpha value is -1.27. The lowest BCUT2D eigenvalue weighted by molar-refractivity contribution is -0.133. The van der Waals surface area contributed by atoms with Gasteiger partial charge in [-0.3, -0.25) is 9.69 Å². The standard InChI is InChI=1S/C18H28N4OS/c1-20(15-6-7-16(13-15)24-2)18(23)14-21-9-11-22(12-10-21)17-5-3-4-8-19-17/h3-5,8,15-16H,6-7,9-14H2,1-2H3/t15-,16+/m0/s1. The second-order valence-electron chi connectivity index (χ2n) is 6.78. The van der Waals surface area contributed by atoms with Gasteiger partial charge in [0.25, 0.3) is 0 Å². The van der Waals surface area contributed by atoms with Crippen molar-refractivity contribution in [3.63, 3.8) is 0 Å². The van der Waals surface area contributed by atoms with Crippen LogP contribution in [0.2, 0.25) is 0 Å². The van der Waals surface area contributed by atoms with E-state index in [0.29, 0.717) is 12.6 Å². The summed E-state index contributed by atoms with van der Waals surface area (Å²) in [5, 5.41) is 0.729. The number of piperazine rings is 1. The molecule has 0 unspecified atom stereocenters. The molecule has 6 heteroatoms. The number of pyridine rings is 1. The predicted octanol–water partition coefficient (Wildman–Crippen LogP) is 1.95. The molecular formula is C18H28N4OS. The monoisotopic (exact) mass is 348 g/mol. The Morgan fingerprint density at radius 1 is 1.29 bits per heavy atom. The van der Waals surface area contributed by atoms with E-state index in [2.05, 4.69) is 27.1 Å². The van der Waals surface area contributed by atoms with Gasteiger partial charge in [0.15, 0.2) is 0 Å². The Kier molecular flexibility index (Phi) is 6.00. The van der Waals surface area contributed by atoms with Gasteiger partial charge in [-0.05, 0) is 37.7 Å². The molecule has 1 amide bonds. The lowest BCUT2D eigenvalue weighted by atomic mass is 10.2. The lowest BCUT2D eigenvalue weighted by Crippen LogP contribution is -2.50. The summed E-state index contributed by atoms with van der Waals surface area (Å²) in [6, 6.07) is 6.46. The van der Waals surface area contributed by atoms with Crippen molar-refractivity contribution < 1.29 is 4.79 Å². The minimum Gasteiger partial charge on any atom is -0.354 e. The summed E-state index contributed by atoms with van der Waals surface area (Å²) >= 11 is 1.94. The van der Waals surface area contributed by atoms with Crippen molar-refractivity contribution >= 4 is 23.5 Å². The van der Waals surface area contributed by atoms with Crippen molar-refractivity contribution in [2.75, 3.05) is 50.9 Å². The topological polar surface area (TPSA) is 39.7 Å². The molecule has 2 atom stereocenters. The summed E-state index contributed by atoms with van der Waals surface area (Å²) in [4.78, 5) is 23.6. The van der Waals surface area contributed by atoms with Gasteiger partial charge in [0.2, 0.25) is 5.91 Å². The molecule has 0 spiro atoms. The second kappa shape index (κ2) is 8.21. The largest absolute Gasteiger partial charge is 0.354 e. The van der Waals surface area contributed by atoms with Gasteiger partial charge in [-0.2, -0.15) is 11.8 Å². The van der Waals surface area contributed by atoms with Crippen LogP contribution in [0.15, 0.2) is 24.4 Å². The normalized spacial score (nSPS) is 25.0. The maximum absolute atomic E-state index is 12.6. The lowest BCUT2D eigenvalue weighted by Gasteiger charge is -2.36. The zero-order valence-corrected chi connectivity index (χ0v) is 15.5. The third kappa shape index (κ3) is 4.22. The molecule has 2 aliphatic rings. The van der Waals surface area contributed by atoms with Crippen molar-refractivity contribution in [3.8, 4) is 0 Å². The number of carbonyl (C=O) groups excluding carboxylic acids is 1. The van der Waals surface area contributed by atoms with E-state index < -0.39 is 0 Å². The number of carbonyl (C=O) groups is 1. The van der Waals surface area contributed by atoms with E-state index in [1.54, 1.807) is 0 Å². The van der Waals surface area contributed by atoms with Crippen molar-refractivity contribution in [3.05, 3.63) is 24.4 Å². The highest BCUT2D eigenvalue weighted by molar-refractivity contribution is 7.99. The smallest absolute Gasteiger partial charge is 0.236 e. The minimum absolute atomic E-state index is 0.271. The van der Waals surface area contributed by atoms with Gasteiger partial charge in [0, 0.05) is 50.7 Å². The highest BCUT2D eigenvalue weighted by atomic mass is 32.2. The number of hydrogen-bond acceptors (Lipinski definition) is 5. The summed E-state index contributed by atoms with van der Waals surface area (Å²) in [6.07, 6.45) is 7.56. The summed E-state index contributed by atoms with van der Waals surface area (Å²) in [5.41, 5.74) is 0. The fourth-order valence-electron chi connectivity index (χ4n) is 3.67. The third-order valence-electron chi connectivity index (χ3n) is 5.34. The van der Waals surface area contributed by atoms with Gasteiger partial charge < -0.3 is 9.80 Å². The number of anilines is 1. The molecule has 24 heavy (non-hydrogen) atoms. The van der Waals surface area contributed by atoms with Crippen molar-refractivity contribution in [2.24, 2.45) is 0 Å². The van der Waals surface area contributed by atoms with Gasteiger partial charge in [-0.15, -0.1) is 0 Å². The molecule has 1 aromatic heterocycles. The number of nitrogens with zero attached hydrogens (tertiary/aromatic N) is 4. The predicted molar refractivity (Wildman–Crippen MR) is 101 cm³/mol. The van der Waals surface area contributed by atoms with E-state index >= 15 is 0 Å². The highest BCUT2D eigenvalue weighted by Crippen LogP contribution is 2.30. The van der Waals surface area contributed by atoms with Crippen LogP contribution in [-0.4, -0.2) is 78.0 Å². The number of amides is 1. The van der Waals surface area contributed by atoms with Gasteiger partial charge in [0.05, 0.1) is 6.54 Å². The van der Waals surface area contributed by atoms with E-state index in [4.69, 9.17) is 0 Å². The fourth-order valence-corrected chi connectivity index (χ4v) is 4.45. The minimum atomic E-state index is 0.271. The molecule has 0 N–H and O–H groups in total. The van der Waals surface area contributed by atoms with Crippen LogP contribution >= 0.6 is 11.8 Å². The highest BCUT2D eigenvalue weighted by Gasteiger charge is 2.30. The van der Waals surface area contributed by atoms with E-state index in [9.17, 15) is 4.79 Å². The molecular weight excluding hydrogens is 320 g/mol. The Bertz CT molecular complexity index is 533. The molecule has 1 aromatic rings. The van der Waals surface area contributed by atoms with E-state index in [0.717, 1.165) is 50.1 Å². The van der Waals surface area contributed by atoms with Crippen LogP contribution in [0.3, 0.4) is 0 Å². The van der Waals surface area contributed by atoms with Gasteiger partial charge in [-0.25, -0.2) is 4.98 Å². The number of hydrogen-bond donors (Lipinski definition) is 0. The molecule has 0 bridgehead atoms. The van der Waals surface area contributed by atoms with Crippen LogP contribution in [0.25, 0.3) is 0 Å². The summed E-state index contributed by atoms with van der Waals surface area (Å²) in [6.45, 7) is 4.27. The van der Waals surface area contributed by atoms with Crippen molar-refractivity contribution in [1.82, 2.24) is 14.8 Å². The van der Waals surface area contributed by atoms with Crippen LogP contribution in [0, 0.1) is 0 Å². The second-order valence-corrected chi connectivity index (χ2v) is 7.92. The SMILES string of the molecule is CS[C@@H]1CC[C@H](N(C)C(=O)CN2CCN(c3ccccn3)CC2)C1. The molecule has 132 valence electrons. The van der Waals surface area contributed by atoms with E-state index in [1.807, 2.05) is 42.0 Å². The molecule has 0 aromatic carbocycles. The first kappa shape index (κ1) is 17.5. The van der Waals surface area contributed by atoms with Crippen LogP contribution in [0.5, 0.6) is 0 Å².